The molecule has 1 unspecified atom stereocenters. The van der Waals surface area contributed by atoms with Gasteiger partial charge in [-0.3, -0.25) is 4.79 Å². The van der Waals surface area contributed by atoms with Crippen LogP contribution in [0.5, 0.6) is 0 Å². The summed E-state index contributed by atoms with van der Waals surface area (Å²) in [5.74, 6) is -2.43. The third kappa shape index (κ3) is 4.12. The van der Waals surface area contributed by atoms with Crippen LogP contribution in [-0.2, 0) is 25.6 Å². The number of esters is 2. The quantitative estimate of drug-likeness (QED) is 0.671. The predicted molar refractivity (Wildman–Crippen MR) is 104 cm³/mol. The molecule has 0 bridgehead atoms. The molecule has 0 spiro atoms. The van der Waals surface area contributed by atoms with Crippen LogP contribution in [0.25, 0.3) is 0 Å². The number of carbonyl (C=O) groups is 3. The molecule has 0 aliphatic carbocycles. The molecule has 0 fully saturated rings. The second-order valence-corrected chi connectivity index (χ2v) is 6.74. The number of nitrogens with zero attached hydrogens (tertiary/aromatic N) is 1. The van der Waals surface area contributed by atoms with Gasteiger partial charge in [0.25, 0.3) is 0 Å². The van der Waals surface area contributed by atoms with E-state index >= 15 is 0 Å². The molecule has 1 aliphatic heterocycles. The first-order valence-electron chi connectivity index (χ1n) is 9.47. The van der Waals surface area contributed by atoms with Crippen LogP contribution in [0.2, 0.25) is 0 Å². The van der Waals surface area contributed by atoms with Gasteiger partial charge in [-0.15, -0.1) is 0 Å². The van der Waals surface area contributed by atoms with Crippen LogP contribution in [0.4, 0.5) is 4.39 Å². The molecule has 1 atom stereocenters. The Morgan fingerprint density at radius 1 is 1.20 bits per heavy atom. The standard InChI is InChI=1S/C22H22FNO6/c1-4-29-22(27)20-13(2)24(12-14-9-10-18(30-14)21(26)28-3)19(25)11-16(20)15-7-5-6-8-17(15)23/h5-10,16H,4,11-12H2,1-3H3. The second-order valence-electron chi connectivity index (χ2n) is 6.74. The second kappa shape index (κ2) is 8.94. The van der Waals surface area contributed by atoms with Gasteiger partial charge in [-0.2, -0.15) is 0 Å². The van der Waals surface area contributed by atoms with Gasteiger partial charge in [-0.25, -0.2) is 14.0 Å². The zero-order valence-electron chi connectivity index (χ0n) is 16.9. The van der Waals surface area contributed by atoms with Crippen LogP contribution in [-0.4, -0.2) is 36.5 Å². The molecule has 1 aliphatic rings. The Morgan fingerprint density at radius 3 is 2.60 bits per heavy atom. The average molecular weight is 415 g/mol. The van der Waals surface area contributed by atoms with Crippen molar-refractivity contribution in [3.8, 4) is 0 Å². The summed E-state index contributed by atoms with van der Waals surface area (Å²) in [4.78, 5) is 38.6. The maximum absolute atomic E-state index is 14.4. The zero-order valence-corrected chi connectivity index (χ0v) is 16.9. The minimum Gasteiger partial charge on any atom is -0.463 e. The lowest BCUT2D eigenvalue weighted by Crippen LogP contribution is -2.38. The summed E-state index contributed by atoms with van der Waals surface area (Å²) in [6.45, 7) is 3.44. The molecule has 30 heavy (non-hydrogen) atoms. The fraction of sp³-hybridized carbons (Fsp3) is 0.318. The Bertz CT molecular complexity index is 1010. The van der Waals surface area contributed by atoms with Gasteiger partial charge < -0.3 is 18.8 Å². The fourth-order valence-electron chi connectivity index (χ4n) is 3.53. The smallest absolute Gasteiger partial charge is 0.373 e. The lowest BCUT2D eigenvalue weighted by atomic mass is 9.83. The van der Waals surface area contributed by atoms with E-state index in [1.165, 1.54) is 24.1 Å². The molecule has 3 rings (SSSR count). The Morgan fingerprint density at radius 2 is 1.93 bits per heavy atom. The average Bonchev–Trinajstić information content (AvgIpc) is 3.19. The van der Waals surface area contributed by atoms with E-state index in [-0.39, 0.29) is 42.4 Å². The number of ether oxygens (including phenoxy) is 2. The molecule has 2 heterocycles. The molecule has 7 nitrogen and oxygen atoms in total. The van der Waals surface area contributed by atoms with Crippen molar-refractivity contribution in [2.75, 3.05) is 13.7 Å². The van der Waals surface area contributed by atoms with Crippen LogP contribution in [0.3, 0.4) is 0 Å². The predicted octanol–water partition coefficient (Wildman–Crippen LogP) is 3.56. The maximum atomic E-state index is 14.4. The van der Waals surface area contributed by atoms with Gasteiger partial charge in [-0.1, -0.05) is 18.2 Å². The molecule has 0 N–H and O–H groups in total. The molecular formula is C22H22FNO6. The number of hydrogen-bond acceptors (Lipinski definition) is 6. The van der Waals surface area contributed by atoms with Gasteiger partial charge >= 0.3 is 11.9 Å². The summed E-state index contributed by atoms with van der Waals surface area (Å²) in [6, 6.07) is 9.06. The van der Waals surface area contributed by atoms with Gasteiger partial charge in [0, 0.05) is 18.0 Å². The normalized spacial score (nSPS) is 16.6. The van der Waals surface area contributed by atoms with Crippen LogP contribution in [0.1, 0.15) is 48.1 Å². The van der Waals surface area contributed by atoms with E-state index in [1.807, 2.05) is 0 Å². The van der Waals surface area contributed by atoms with Crippen LogP contribution >= 0.6 is 0 Å². The fourth-order valence-corrected chi connectivity index (χ4v) is 3.53. The number of amides is 1. The number of methoxy groups -OCH3 is 1. The summed E-state index contributed by atoms with van der Waals surface area (Å²) in [7, 11) is 1.24. The molecule has 0 radical (unpaired) electrons. The lowest BCUT2D eigenvalue weighted by molar-refractivity contribution is -0.140. The first-order chi connectivity index (χ1) is 14.4. The molecule has 158 valence electrons. The third-order valence-electron chi connectivity index (χ3n) is 4.96. The van der Waals surface area contributed by atoms with Crippen LogP contribution in [0.15, 0.2) is 52.1 Å². The summed E-state index contributed by atoms with van der Waals surface area (Å²) < 4.78 is 29.7. The Labute approximate surface area is 173 Å². The number of furan rings is 1. The van der Waals surface area contributed by atoms with E-state index in [0.29, 0.717) is 11.5 Å². The van der Waals surface area contributed by atoms with Gasteiger partial charge in [0.15, 0.2) is 0 Å². The number of rotatable bonds is 6. The minimum atomic E-state index is -0.753. The highest BCUT2D eigenvalue weighted by Crippen LogP contribution is 2.38. The van der Waals surface area contributed by atoms with Crippen molar-refractivity contribution < 1.29 is 32.7 Å². The van der Waals surface area contributed by atoms with Gasteiger partial charge in [0.1, 0.15) is 11.6 Å². The van der Waals surface area contributed by atoms with Gasteiger partial charge in [0.2, 0.25) is 11.7 Å². The number of halogens is 1. The van der Waals surface area contributed by atoms with Crippen LogP contribution in [0, 0.1) is 5.82 Å². The van der Waals surface area contributed by atoms with E-state index in [4.69, 9.17) is 9.15 Å². The summed E-state index contributed by atoms with van der Waals surface area (Å²) in [5.41, 5.74) is 0.842. The summed E-state index contributed by atoms with van der Waals surface area (Å²) >= 11 is 0. The molecule has 2 aromatic rings. The van der Waals surface area contributed by atoms with Gasteiger partial charge in [-0.05, 0) is 37.6 Å². The van der Waals surface area contributed by atoms with Crippen LogP contribution < -0.4 is 0 Å². The van der Waals surface area contributed by atoms with E-state index in [0.717, 1.165) is 0 Å². The van der Waals surface area contributed by atoms with Crippen molar-refractivity contribution in [3.05, 3.63) is 70.6 Å². The van der Waals surface area contributed by atoms with Crippen molar-refractivity contribution in [1.82, 2.24) is 4.90 Å². The lowest BCUT2D eigenvalue weighted by Gasteiger charge is -2.34. The molecule has 0 saturated heterocycles. The molecule has 1 aromatic carbocycles. The number of benzene rings is 1. The van der Waals surface area contributed by atoms with Crippen molar-refractivity contribution in [1.29, 1.82) is 0 Å². The van der Waals surface area contributed by atoms with Gasteiger partial charge in [0.05, 0.1) is 25.8 Å². The molecule has 1 aromatic heterocycles. The van der Waals surface area contributed by atoms with E-state index < -0.39 is 23.7 Å². The number of carbonyl (C=O) groups excluding carboxylic acids is 3. The third-order valence-corrected chi connectivity index (χ3v) is 4.96. The monoisotopic (exact) mass is 415 g/mol. The first-order valence-corrected chi connectivity index (χ1v) is 9.47. The summed E-state index contributed by atoms with van der Waals surface area (Å²) in [5, 5.41) is 0. The Hall–Kier alpha value is -3.42. The highest BCUT2D eigenvalue weighted by Gasteiger charge is 2.38. The Balaban J connectivity index is 2.00. The highest BCUT2D eigenvalue weighted by atomic mass is 19.1. The van der Waals surface area contributed by atoms with Crippen molar-refractivity contribution in [3.63, 3.8) is 0 Å². The van der Waals surface area contributed by atoms with Crippen molar-refractivity contribution in [2.45, 2.75) is 32.7 Å². The highest BCUT2D eigenvalue weighted by molar-refractivity contribution is 5.95. The van der Waals surface area contributed by atoms with Crippen molar-refractivity contribution >= 4 is 17.8 Å². The SMILES string of the molecule is CCOC(=O)C1=C(C)N(Cc2ccc(C(=O)OC)o2)C(=O)CC1c1ccccc1F. The maximum Gasteiger partial charge on any atom is 0.373 e. The minimum absolute atomic E-state index is 0.00782. The topological polar surface area (TPSA) is 86.1 Å². The molecule has 8 heteroatoms. The molecule has 0 saturated carbocycles. The Kier molecular flexibility index (Phi) is 6.34. The molecular weight excluding hydrogens is 393 g/mol. The van der Waals surface area contributed by atoms with E-state index in [1.54, 1.807) is 38.1 Å². The first kappa shape index (κ1) is 21.3. The van der Waals surface area contributed by atoms with E-state index in [9.17, 15) is 18.8 Å². The van der Waals surface area contributed by atoms with Crippen molar-refractivity contribution in [2.24, 2.45) is 0 Å². The molecule has 1 amide bonds. The largest absolute Gasteiger partial charge is 0.463 e. The summed E-state index contributed by atoms with van der Waals surface area (Å²) in [6.07, 6.45) is -0.100. The number of allylic oxidation sites excluding steroid dienone is 1. The number of hydrogen-bond donors (Lipinski definition) is 0. The zero-order chi connectivity index (χ0) is 21.8. The van der Waals surface area contributed by atoms with E-state index in [2.05, 4.69) is 4.74 Å².